The second kappa shape index (κ2) is 10.5. The van der Waals surface area contributed by atoms with Gasteiger partial charge in [-0.3, -0.25) is 14.6 Å². The van der Waals surface area contributed by atoms with Crippen molar-refractivity contribution in [1.29, 1.82) is 0 Å². The molecule has 3 aliphatic heterocycles. The SMILES string of the molecule is C[C@@H]1CN(CC(=O)N2CC(C)(C)c3c2cc(Cc2ccc(F)cc2)c2ncnn32)[C@@H](CN2C[C@H](F)C[C@H]2C)CN1. The molecule has 4 atom stereocenters. The Hall–Kier alpha value is -2.95. The number of nitrogens with zero attached hydrogens (tertiary/aromatic N) is 6. The molecule has 1 amide bonds. The minimum absolute atomic E-state index is 0.0518. The third-order valence-electron chi connectivity index (χ3n) is 8.86. The van der Waals surface area contributed by atoms with Crippen molar-refractivity contribution in [2.45, 2.75) is 70.2 Å². The number of benzene rings is 1. The summed E-state index contributed by atoms with van der Waals surface area (Å²) in [5, 5.41) is 8.11. The lowest BCUT2D eigenvalue weighted by Crippen LogP contribution is -2.61. The molecule has 1 aromatic carbocycles. The van der Waals surface area contributed by atoms with Crippen LogP contribution in [-0.4, -0.2) is 93.9 Å². The van der Waals surface area contributed by atoms with E-state index in [0.717, 1.165) is 47.8 Å². The number of anilines is 1. The first kappa shape index (κ1) is 27.2. The molecule has 3 aliphatic rings. The van der Waals surface area contributed by atoms with Gasteiger partial charge in [-0.15, -0.1) is 0 Å². The van der Waals surface area contributed by atoms with E-state index in [1.807, 2.05) is 9.42 Å². The van der Waals surface area contributed by atoms with Crippen molar-refractivity contribution in [2.75, 3.05) is 44.2 Å². The number of amides is 1. The molecule has 214 valence electrons. The number of hydrogen-bond acceptors (Lipinski definition) is 6. The standard InChI is InChI=1S/C30H39F2N7O/c1-19-13-37(25(12-33-19)15-36-14-24(32)9-20(36)2)16-27(40)38-17-30(3,4)28-26(38)11-22(29-34-18-35-39(28)29)10-21-5-7-23(31)8-6-21/h5-8,11,18-20,24-25,33H,9-10,12-17H2,1-4H3/t19-,20-,24-,25-/m1/s1. The van der Waals surface area contributed by atoms with Crippen molar-refractivity contribution < 1.29 is 13.6 Å². The van der Waals surface area contributed by atoms with Gasteiger partial charge in [0.25, 0.3) is 0 Å². The number of fused-ring (bicyclic) bond motifs is 3. The predicted octanol–water partition coefficient (Wildman–Crippen LogP) is 3.18. The summed E-state index contributed by atoms with van der Waals surface area (Å²) >= 11 is 0. The van der Waals surface area contributed by atoms with Crippen LogP contribution in [0.3, 0.4) is 0 Å². The molecule has 1 N–H and O–H groups in total. The molecule has 2 fully saturated rings. The normalized spacial score (nSPS) is 27.0. The summed E-state index contributed by atoms with van der Waals surface area (Å²) < 4.78 is 29.5. The van der Waals surface area contributed by atoms with Gasteiger partial charge in [-0.05, 0) is 44.0 Å². The number of alkyl halides is 1. The van der Waals surface area contributed by atoms with E-state index >= 15 is 0 Å². The first-order chi connectivity index (χ1) is 19.1. The molecule has 8 nitrogen and oxygen atoms in total. The van der Waals surface area contributed by atoms with E-state index < -0.39 is 6.17 Å². The Morgan fingerprint density at radius 2 is 1.93 bits per heavy atom. The molecule has 0 radical (unpaired) electrons. The first-order valence-electron chi connectivity index (χ1n) is 14.4. The van der Waals surface area contributed by atoms with Crippen molar-refractivity contribution in [3.05, 3.63) is 59.3 Å². The molecule has 40 heavy (non-hydrogen) atoms. The number of carbonyl (C=O) groups is 1. The Labute approximate surface area is 234 Å². The Balaban J connectivity index is 1.28. The molecule has 0 aliphatic carbocycles. The highest BCUT2D eigenvalue weighted by atomic mass is 19.1. The fourth-order valence-electron chi connectivity index (χ4n) is 6.82. The number of rotatable bonds is 6. The minimum atomic E-state index is -0.776. The lowest BCUT2D eigenvalue weighted by Gasteiger charge is -2.41. The Kier molecular flexibility index (Phi) is 7.13. The average molecular weight is 552 g/mol. The van der Waals surface area contributed by atoms with Gasteiger partial charge < -0.3 is 10.2 Å². The number of likely N-dealkylation sites (tertiary alicyclic amines) is 1. The van der Waals surface area contributed by atoms with Gasteiger partial charge in [0.1, 0.15) is 18.3 Å². The molecule has 2 saturated heterocycles. The van der Waals surface area contributed by atoms with E-state index in [9.17, 15) is 13.6 Å². The molecule has 0 saturated carbocycles. The van der Waals surface area contributed by atoms with Gasteiger partial charge in [0.05, 0.1) is 17.9 Å². The van der Waals surface area contributed by atoms with Crippen LogP contribution in [0, 0.1) is 5.82 Å². The van der Waals surface area contributed by atoms with Gasteiger partial charge >= 0.3 is 0 Å². The van der Waals surface area contributed by atoms with Crippen LogP contribution in [0.1, 0.15) is 50.9 Å². The number of piperazine rings is 1. The fraction of sp³-hybridized carbons (Fsp3) is 0.567. The van der Waals surface area contributed by atoms with Gasteiger partial charge in [-0.25, -0.2) is 18.3 Å². The van der Waals surface area contributed by atoms with Crippen molar-refractivity contribution >= 4 is 17.2 Å². The van der Waals surface area contributed by atoms with Crippen LogP contribution < -0.4 is 10.2 Å². The van der Waals surface area contributed by atoms with E-state index in [4.69, 9.17) is 0 Å². The van der Waals surface area contributed by atoms with Crippen LogP contribution in [-0.2, 0) is 16.6 Å². The largest absolute Gasteiger partial charge is 0.311 e. The van der Waals surface area contributed by atoms with Crippen LogP contribution in [0.2, 0.25) is 0 Å². The van der Waals surface area contributed by atoms with Crippen molar-refractivity contribution in [3.63, 3.8) is 0 Å². The minimum Gasteiger partial charge on any atom is -0.311 e. The second-order valence-electron chi connectivity index (χ2n) is 12.6. The lowest BCUT2D eigenvalue weighted by molar-refractivity contribution is -0.120. The third-order valence-corrected chi connectivity index (χ3v) is 8.86. The molecule has 0 unspecified atom stereocenters. The molecular weight excluding hydrogens is 512 g/mol. The number of nitrogens with one attached hydrogen (secondary N) is 1. The maximum absolute atomic E-state index is 14.1. The number of pyridine rings is 1. The maximum Gasteiger partial charge on any atom is 0.241 e. The predicted molar refractivity (Wildman–Crippen MR) is 151 cm³/mol. The summed E-state index contributed by atoms with van der Waals surface area (Å²) in [6.45, 7) is 12.1. The monoisotopic (exact) mass is 551 g/mol. The van der Waals surface area contributed by atoms with E-state index in [0.29, 0.717) is 32.5 Å². The summed E-state index contributed by atoms with van der Waals surface area (Å²) in [5.41, 5.74) is 4.18. The zero-order chi connectivity index (χ0) is 28.2. The van der Waals surface area contributed by atoms with Crippen molar-refractivity contribution in [1.82, 2.24) is 29.7 Å². The average Bonchev–Trinajstić information content (AvgIpc) is 3.57. The Morgan fingerprint density at radius 3 is 2.65 bits per heavy atom. The molecular formula is C30H39F2N7O. The zero-order valence-electron chi connectivity index (χ0n) is 23.8. The van der Waals surface area contributed by atoms with Crippen LogP contribution in [0.25, 0.3) is 5.65 Å². The summed E-state index contributed by atoms with van der Waals surface area (Å²) in [6, 6.07) is 9.17. The van der Waals surface area contributed by atoms with Crippen LogP contribution in [0.4, 0.5) is 14.5 Å². The molecule has 0 spiro atoms. The fourth-order valence-corrected chi connectivity index (χ4v) is 6.82. The van der Waals surface area contributed by atoms with Crippen molar-refractivity contribution in [3.8, 4) is 0 Å². The lowest BCUT2D eigenvalue weighted by atomic mass is 9.90. The molecule has 5 heterocycles. The van der Waals surface area contributed by atoms with Crippen LogP contribution in [0.5, 0.6) is 0 Å². The first-order valence-corrected chi connectivity index (χ1v) is 14.4. The maximum atomic E-state index is 14.1. The number of halogens is 2. The highest BCUT2D eigenvalue weighted by Gasteiger charge is 2.42. The summed E-state index contributed by atoms with van der Waals surface area (Å²) in [7, 11) is 0. The van der Waals surface area contributed by atoms with Gasteiger partial charge in [-0.2, -0.15) is 5.10 Å². The quantitative estimate of drug-likeness (QED) is 0.508. The van der Waals surface area contributed by atoms with Crippen LogP contribution >= 0.6 is 0 Å². The highest BCUT2D eigenvalue weighted by Crippen LogP contribution is 2.42. The van der Waals surface area contributed by atoms with Gasteiger partial charge in [-0.1, -0.05) is 26.0 Å². The topological polar surface area (TPSA) is 69.0 Å². The van der Waals surface area contributed by atoms with Crippen molar-refractivity contribution in [2.24, 2.45) is 0 Å². The van der Waals surface area contributed by atoms with E-state index in [2.05, 4.69) is 59.0 Å². The number of carbonyl (C=O) groups excluding carboxylic acids is 1. The number of aromatic nitrogens is 3. The van der Waals surface area contributed by atoms with Gasteiger partial charge in [0, 0.05) is 68.2 Å². The molecule has 0 bridgehead atoms. The number of hydrogen-bond donors (Lipinski definition) is 1. The highest BCUT2D eigenvalue weighted by molar-refractivity contribution is 5.97. The summed E-state index contributed by atoms with van der Waals surface area (Å²) in [4.78, 5) is 25.0. The van der Waals surface area contributed by atoms with Gasteiger partial charge in [0.15, 0.2) is 5.65 Å². The zero-order valence-corrected chi connectivity index (χ0v) is 23.8. The van der Waals surface area contributed by atoms with Crippen LogP contribution in [0.15, 0.2) is 36.7 Å². The Morgan fingerprint density at radius 1 is 1.15 bits per heavy atom. The summed E-state index contributed by atoms with van der Waals surface area (Å²) in [6.07, 6.45) is 1.91. The molecule has 6 rings (SSSR count). The van der Waals surface area contributed by atoms with E-state index in [1.165, 1.54) is 12.1 Å². The Bertz CT molecular complexity index is 1390. The van der Waals surface area contributed by atoms with Gasteiger partial charge in [0.2, 0.25) is 5.91 Å². The molecule has 10 heteroatoms. The second-order valence-corrected chi connectivity index (χ2v) is 12.6. The molecule has 2 aromatic heterocycles. The van der Waals surface area contributed by atoms with E-state index in [1.54, 1.807) is 18.5 Å². The smallest absolute Gasteiger partial charge is 0.241 e. The van der Waals surface area contributed by atoms with E-state index in [-0.39, 0.29) is 35.3 Å². The molecule has 3 aromatic rings. The summed E-state index contributed by atoms with van der Waals surface area (Å²) in [5.74, 6) is -0.218. The third kappa shape index (κ3) is 5.12.